The summed E-state index contributed by atoms with van der Waals surface area (Å²) >= 11 is 1.33. The van der Waals surface area contributed by atoms with E-state index in [0.29, 0.717) is 35.8 Å². The van der Waals surface area contributed by atoms with Gasteiger partial charge >= 0.3 is 5.97 Å². The number of hydrogen-bond donors (Lipinski definition) is 1. The normalized spacial score (nSPS) is 21.9. The van der Waals surface area contributed by atoms with Crippen LogP contribution in [0.1, 0.15) is 32.9 Å². The number of carbonyl (C=O) groups excluding carboxylic acids is 2. The number of rotatable bonds is 6. The smallest absolute Gasteiger partial charge is 0.311 e. The molecule has 0 aliphatic carbocycles. The van der Waals surface area contributed by atoms with E-state index in [0.717, 1.165) is 13.1 Å². The largest absolute Gasteiger partial charge is 0.466 e. The number of ether oxygens (including phenoxy) is 1. The Bertz CT molecular complexity index is 536. The molecule has 1 aromatic heterocycles. The summed E-state index contributed by atoms with van der Waals surface area (Å²) in [6.07, 6.45) is 1.36. The zero-order valence-electron chi connectivity index (χ0n) is 14.0. The molecule has 1 saturated heterocycles. The standard InChI is InChI=1S/C16H25N3O3S/c1-4-22-15(21)6-13-10-23-16(17-13)18-14(20)9-19-7-11(2)5-12(3)8-19/h10-12H,4-9H2,1-3H3,(H,17,18,20). The van der Waals surface area contributed by atoms with Crippen LogP contribution < -0.4 is 5.32 Å². The number of thiazole rings is 1. The molecule has 0 radical (unpaired) electrons. The van der Waals surface area contributed by atoms with Gasteiger partial charge in [0.2, 0.25) is 5.91 Å². The van der Waals surface area contributed by atoms with E-state index in [4.69, 9.17) is 4.74 Å². The maximum atomic E-state index is 12.2. The van der Waals surface area contributed by atoms with Crippen LogP contribution in [0.4, 0.5) is 5.13 Å². The van der Waals surface area contributed by atoms with Crippen LogP contribution in [0.5, 0.6) is 0 Å². The number of piperidine rings is 1. The Morgan fingerprint density at radius 1 is 1.39 bits per heavy atom. The zero-order valence-corrected chi connectivity index (χ0v) is 14.8. The van der Waals surface area contributed by atoms with E-state index in [1.54, 1.807) is 12.3 Å². The Morgan fingerprint density at radius 3 is 2.74 bits per heavy atom. The van der Waals surface area contributed by atoms with E-state index in [2.05, 4.69) is 29.0 Å². The molecule has 1 aliphatic heterocycles. The van der Waals surface area contributed by atoms with Gasteiger partial charge in [-0.3, -0.25) is 14.5 Å². The number of hydrogen-bond acceptors (Lipinski definition) is 6. The lowest BCUT2D eigenvalue weighted by atomic mass is 9.92. The number of likely N-dealkylation sites (tertiary alicyclic amines) is 1. The van der Waals surface area contributed by atoms with Crippen LogP contribution in [-0.2, 0) is 20.7 Å². The van der Waals surface area contributed by atoms with E-state index in [1.807, 2.05) is 0 Å². The minimum Gasteiger partial charge on any atom is -0.466 e. The van der Waals surface area contributed by atoms with Crippen molar-refractivity contribution in [2.24, 2.45) is 11.8 Å². The maximum Gasteiger partial charge on any atom is 0.311 e. The Kier molecular flexibility index (Phi) is 6.53. The van der Waals surface area contributed by atoms with Gasteiger partial charge in [-0.05, 0) is 25.2 Å². The Morgan fingerprint density at radius 2 is 2.09 bits per heavy atom. The van der Waals surface area contributed by atoms with Crippen LogP contribution in [0.15, 0.2) is 5.38 Å². The number of nitrogens with one attached hydrogen (secondary N) is 1. The quantitative estimate of drug-likeness (QED) is 0.804. The predicted octanol–water partition coefficient (Wildman–Crippen LogP) is 2.17. The third kappa shape index (κ3) is 5.91. The monoisotopic (exact) mass is 339 g/mol. The minimum atomic E-state index is -0.299. The lowest BCUT2D eigenvalue weighted by molar-refractivity contribution is -0.142. The Balaban J connectivity index is 1.81. The van der Waals surface area contributed by atoms with Gasteiger partial charge in [0.25, 0.3) is 0 Å². The van der Waals surface area contributed by atoms with Crippen LogP contribution >= 0.6 is 11.3 Å². The molecule has 7 heteroatoms. The first-order valence-corrected chi connectivity index (χ1v) is 8.96. The van der Waals surface area contributed by atoms with Crippen LogP contribution in [0.2, 0.25) is 0 Å². The minimum absolute atomic E-state index is 0.0525. The zero-order chi connectivity index (χ0) is 16.8. The highest BCUT2D eigenvalue weighted by molar-refractivity contribution is 7.13. The van der Waals surface area contributed by atoms with Crippen molar-refractivity contribution in [1.82, 2.24) is 9.88 Å². The lowest BCUT2D eigenvalue weighted by Gasteiger charge is -2.34. The van der Waals surface area contributed by atoms with E-state index in [1.165, 1.54) is 17.8 Å². The first kappa shape index (κ1) is 17.9. The second kappa shape index (κ2) is 8.40. The van der Waals surface area contributed by atoms with Crippen LogP contribution in [0, 0.1) is 11.8 Å². The van der Waals surface area contributed by atoms with Crippen molar-refractivity contribution in [3.63, 3.8) is 0 Å². The van der Waals surface area contributed by atoms with Crippen molar-refractivity contribution in [2.45, 2.75) is 33.6 Å². The van der Waals surface area contributed by atoms with Gasteiger partial charge < -0.3 is 10.1 Å². The summed E-state index contributed by atoms with van der Waals surface area (Å²) in [6.45, 7) is 8.90. The number of aromatic nitrogens is 1. The molecule has 1 aromatic rings. The number of anilines is 1. The maximum absolute atomic E-state index is 12.2. The lowest BCUT2D eigenvalue weighted by Crippen LogP contribution is -2.42. The second-order valence-electron chi connectivity index (χ2n) is 6.31. The van der Waals surface area contributed by atoms with Gasteiger partial charge in [0.1, 0.15) is 0 Å². The highest BCUT2D eigenvalue weighted by Gasteiger charge is 2.23. The first-order chi connectivity index (χ1) is 11.0. The molecular weight excluding hydrogens is 314 g/mol. The molecule has 1 aliphatic rings. The SMILES string of the molecule is CCOC(=O)Cc1csc(NC(=O)CN2CC(C)CC(C)C2)n1. The van der Waals surface area contributed by atoms with Crippen LogP contribution in [0.3, 0.4) is 0 Å². The average Bonchev–Trinajstić information content (AvgIpc) is 2.84. The average molecular weight is 339 g/mol. The van der Waals surface area contributed by atoms with Crippen molar-refractivity contribution in [2.75, 3.05) is 31.6 Å². The fraction of sp³-hybridized carbons (Fsp3) is 0.688. The molecule has 0 saturated carbocycles. The molecule has 0 spiro atoms. The van der Waals surface area contributed by atoms with Gasteiger partial charge in [-0.15, -0.1) is 11.3 Å². The van der Waals surface area contributed by atoms with Crippen molar-refractivity contribution in [3.05, 3.63) is 11.1 Å². The van der Waals surface area contributed by atoms with Gasteiger partial charge in [-0.25, -0.2) is 4.98 Å². The predicted molar refractivity (Wildman–Crippen MR) is 90.5 cm³/mol. The molecule has 1 fully saturated rings. The van der Waals surface area contributed by atoms with Gasteiger partial charge in [0, 0.05) is 18.5 Å². The van der Waals surface area contributed by atoms with Crippen molar-refractivity contribution in [1.29, 1.82) is 0 Å². The molecule has 23 heavy (non-hydrogen) atoms. The third-order valence-electron chi connectivity index (χ3n) is 3.74. The van der Waals surface area contributed by atoms with Gasteiger partial charge in [-0.2, -0.15) is 0 Å². The van der Waals surface area contributed by atoms with Crippen molar-refractivity contribution >= 4 is 28.3 Å². The van der Waals surface area contributed by atoms with E-state index < -0.39 is 0 Å². The fourth-order valence-corrected chi connectivity index (χ4v) is 3.81. The Labute approximate surface area is 141 Å². The number of amides is 1. The summed E-state index contributed by atoms with van der Waals surface area (Å²) in [5.74, 6) is 0.903. The molecule has 1 amide bonds. The van der Waals surface area contributed by atoms with E-state index in [-0.39, 0.29) is 18.3 Å². The number of nitrogens with zero attached hydrogens (tertiary/aromatic N) is 2. The summed E-state index contributed by atoms with van der Waals surface area (Å²) in [5.41, 5.74) is 0.629. The van der Waals surface area contributed by atoms with E-state index >= 15 is 0 Å². The number of carbonyl (C=O) groups is 2. The highest BCUT2D eigenvalue weighted by atomic mass is 32.1. The van der Waals surface area contributed by atoms with Gasteiger partial charge in [0.05, 0.1) is 25.3 Å². The number of esters is 1. The summed E-state index contributed by atoms with van der Waals surface area (Å²) in [7, 11) is 0. The fourth-order valence-electron chi connectivity index (χ4n) is 3.09. The van der Waals surface area contributed by atoms with Crippen molar-refractivity contribution in [3.8, 4) is 0 Å². The molecule has 128 valence electrons. The van der Waals surface area contributed by atoms with Crippen LogP contribution in [-0.4, -0.2) is 48.0 Å². The summed E-state index contributed by atoms with van der Waals surface area (Å²) < 4.78 is 4.89. The molecule has 2 atom stereocenters. The summed E-state index contributed by atoms with van der Waals surface area (Å²) in [6, 6.07) is 0. The summed E-state index contributed by atoms with van der Waals surface area (Å²) in [5, 5.41) is 5.13. The second-order valence-corrected chi connectivity index (χ2v) is 7.17. The molecule has 2 unspecified atom stereocenters. The molecule has 1 N–H and O–H groups in total. The van der Waals surface area contributed by atoms with Gasteiger partial charge in [-0.1, -0.05) is 13.8 Å². The molecule has 0 aromatic carbocycles. The van der Waals surface area contributed by atoms with E-state index in [9.17, 15) is 9.59 Å². The molecule has 6 nitrogen and oxygen atoms in total. The highest BCUT2D eigenvalue weighted by Crippen LogP contribution is 2.21. The third-order valence-corrected chi connectivity index (χ3v) is 4.55. The molecule has 2 rings (SSSR count). The Hall–Kier alpha value is -1.47. The van der Waals surface area contributed by atoms with Crippen molar-refractivity contribution < 1.29 is 14.3 Å². The molecule has 2 heterocycles. The first-order valence-electron chi connectivity index (χ1n) is 8.08. The summed E-state index contributed by atoms with van der Waals surface area (Å²) in [4.78, 5) is 30.0. The topological polar surface area (TPSA) is 71.5 Å². The van der Waals surface area contributed by atoms with Crippen LogP contribution in [0.25, 0.3) is 0 Å². The molecular formula is C16H25N3O3S. The molecule has 0 bridgehead atoms. The van der Waals surface area contributed by atoms with Gasteiger partial charge in [0.15, 0.2) is 5.13 Å².